The number of anilines is 2. The van der Waals surface area contributed by atoms with Crippen molar-refractivity contribution in [3.63, 3.8) is 0 Å². The number of thioether (sulfide) groups is 1. The Hall–Kier alpha value is -1.95. The number of benzene rings is 1. The van der Waals surface area contributed by atoms with E-state index < -0.39 is 0 Å². The van der Waals surface area contributed by atoms with Gasteiger partial charge < -0.3 is 16.5 Å². The first-order chi connectivity index (χ1) is 8.13. The van der Waals surface area contributed by atoms with Crippen molar-refractivity contribution in [2.24, 2.45) is 0 Å². The van der Waals surface area contributed by atoms with Gasteiger partial charge in [0.2, 0.25) is 0 Å². The molecule has 1 aromatic heterocycles. The van der Waals surface area contributed by atoms with Gasteiger partial charge in [-0.1, -0.05) is 23.9 Å². The molecule has 0 radical (unpaired) electrons. The maximum Gasteiger partial charge on any atom is 0.253 e. The lowest BCUT2D eigenvalue weighted by atomic mass is 10.2. The number of aromatic amines is 1. The van der Waals surface area contributed by atoms with Gasteiger partial charge in [0.1, 0.15) is 5.82 Å². The monoisotopic (exact) mass is 248 g/mol. The summed E-state index contributed by atoms with van der Waals surface area (Å²) in [4.78, 5) is 17.8. The van der Waals surface area contributed by atoms with Crippen molar-refractivity contribution in [3.8, 4) is 0 Å². The Morgan fingerprint density at radius 2 is 2.12 bits per heavy atom. The lowest BCUT2D eigenvalue weighted by molar-refractivity contribution is 0.945. The lowest BCUT2D eigenvalue weighted by Crippen LogP contribution is -2.09. The number of nitrogens with zero attached hydrogens (tertiary/aromatic N) is 1. The smallest absolute Gasteiger partial charge is 0.253 e. The molecule has 17 heavy (non-hydrogen) atoms. The SMILES string of the molecule is Nc1cccc(CSc2nc(N)cc(=O)[nH]2)c1. The van der Waals surface area contributed by atoms with Crippen molar-refractivity contribution >= 4 is 23.3 Å². The van der Waals surface area contributed by atoms with E-state index >= 15 is 0 Å². The number of nitrogens with two attached hydrogens (primary N) is 2. The summed E-state index contributed by atoms with van der Waals surface area (Å²) in [5, 5.41) is 0.512. The molecule has 2 aromatic rings. The van der Waals surface area contributed by atoms with Gasteiger partial charge in [0.15, 0.2) is 5.16 Å². The summed E-state index contributed by atoms with van der Waals surface area (Å²) in [7, 11) is 0. The van der Waals surface area contributed by atoms with Gasteiger partial charge in [-0.2, -0.15) is 0 Å². The van der Waals surface area contributed by atoms with E-state index in [1.807, 2.05) is 24.3 Å². The van der Waals surface area contributed by atoms with Crippen molar-refractivity contribution in [2.75, 3.05) is 11.5 Å². The number of hydrogen-bond acceptors (Lipinski definition) is 5. The zero-order valence-corrected chi connectivity index (χ0v) is 9.83. The van der Waals surface area contributed by atoms with Gasteiger partial charge in [0.25, 0.3) is 5.56 Å². The second kappa shape index (κ2) is 4.92. The van der Waals surface area contributed by atoms with Gasteiger partial charge in [-0.15, -0.1) is 0 Å². The van der Waals surface area contributed by atoms with Crippen LogP contribution in [0.5, 0.6) is 0 Å². The number of aromatic nitrogens is 2. The first kappa shape index (κ1) is 11.5. The minimum atomic E-state index is -0.243. The number of nitrogens with one attached hydrogen (secondary N) is 1. The van der Waals surface area contributed by atoms with Gasteiger partial charge in [-0.3, -0.25) is 4.79 Å². The molecule has 88 valence electrons. The van der Waals surface area contributed by atoms with Crippen LogP contribution in [-0.2, 0) is 5.75 Å². The van der Waals surface area contributed by atoms with Gasteiger partial charge >= 0.3 is 0 Å². The highest BCUT2D eigenvalue weighted by atomic mass is 32.2. The van der Waals surface area contributed by atoms with Gasteiger partial charge in [-0.05, 0) is 17.7 Å². The molecular weight excluding hydrogens is 236 g/mol. The Kier molecular flexibility index (Phi) is 3.34. The average molecular weight is 248 g/mol. The minimum Gasteiger partial charge on any atom is -0.399 e. The molecule has 0 bridgehead atoms. The molecule has 0 unspecified atom stereocenters. The van der Waals surface area contributed by atoms with E-state index in [1.165, 1.54) is 17.8 Å². The molecule has 5 nitrogen and oxygen atoms in total. The summed E-state index contributed by atoms with van der Waals surface area (Å²) in [5.74, 6) is 0.904. The van der Waals surface area contributed by atoms with Crippen LogP contribution >= 0.6 is 11.8 Å². The molecule has 0 saturated carbocycles. The second-order valence-corrected chi connectivity index (χ2v) is 4.47. The second-order valence-electron chi connectivity index (χ2n) is 3.51. The molecule has 0 aliphatic carbocycles. The van der Waals surface area contributed by atoms with Crippen molar-refractivity contribution in [1.29, 1.82) is 0 Å². The maximum atomic E-state index is 11.2. The van der Waals surface area contributed by atoms with Crippen LogP contribution in [-0.4, -0.2) is 9.97 Å². The Morgan fingerprint density at radius 1 is 1.29 bits per heavy atom. The van der Waals surface area contributed by atoms with Crippen LogP contribution in [0.2, 0.25) is 0 Å². The highest BCUT2D eigenvalue weighted by Crippen LogP contribution is 2.19. The third-order valence-electron chi connectivity index (χ3n) is 2.07. The van der Waals surface area contributed by atoms with E-state index in [1.54, 1.807) is 0 Å². The fraction of sp³-hybridized carbons (Fsp3) is 0.0909. The standard InChI is InChI=1S/C11H12N4OS/c12-8-3-1-2-7(4-8)6-17-11-14-9(13)5-10(16)15-11/h1-5H,6,12H2,(H3,13,14,15,16). The fourth-order valence-corrected chi connectivity index (χ4v) is 2.18. The summed E-state index contributed by atoms with van der Waals surface area (Å²) < 4.78 is 0. The zero-order chi connectivity index (χ0) is 12.3. The minimum absolute atomic E-state index is 0.226. The molecule has 2 rings (SSSR count). The van der Waals surface area contributed by atoms with Gasteiger partial charge in [0, 0.05) is 17.5 Å². The normalized spacial score (nSPS) is 10.4. The highest BCUT2D eigenvalue weighted by molar-refractivity contribution is 7.98. The Balaban J connectivity index is 2.09. The topological polar surface area (TPSA) is 97.8 Å². The molecule has 0 atom stereocenters. The van der Waals surface area contributed by atoms with E-state index in [4.69, 9.17) is 11.5 Å². The fourth-order valence-electron chi connectivity index (χ4n) is 1.36. The first-order valence-electron chi connectivity index (χ1n) is 4.97. The molecule has 0 spiro atoms. The summed E-state index contributed by atoms with van der Waals surface area (Å²) in [5.41, 5.74) is 12.7. The number of H-pyrrole nitrogens is 1. The Bertz CT molecular complexity index is 582. The van der Waals surface area contributed by atoms with Crippen molar-refractivity contribution in [3.05, 3.63) is 46.2 Å². The third kappa shape index (κ3) is 3.25. The van der Waals surface area contributed by atoms with E-state index in [-0.39, 0.29) is 11.4 Å². The van der Waals surface area contributed by atoms with Crippen LogP contribution in [0.4, 0.5) is 11.5 Å². The predicted molar refractivity (Wildman–Crippen MR) is 69.7 cm³/mol. The number of nitrogen functional groups attached to an aromatic ring is 2. The third-order valence-corrected chi connectivity index (χ3v) is 3.01. The van der Waals surface area contributed by atoms with Gasteiger partial charge in [0.05, 0.1) is 0 Å². The molecule has 6 heteroatoms. The molecule has 1 heterocycles. The highest BCUT2D eigenvalue weighted by Gasteiger charge is 2.01. The molecule has 5 N–H and O–H groups in total. The quantitative estimate of drug-likeness (QED) is 0.431. The number of hydrogen-bond donors (Lipinski definition) is 3. The molecule has 1 aromatic carbocycles. The van der Waals surface area contributed by atoms with E-state index in [2.05, 4.69) is 9.97 Å². The molecule has 0 aliphatic rings. The number of rotatable bonds is 3. The van der Waals surface area contributed by atoms with Crippen LogP contribution in [0.25, 0.3) is 0 Å². The lowest BCUT2D eigenvalue weighted by Gasteiger charge is -2.02. The summed E-state index contributed by atoms with van der Waals surface area (Å²) in [6, 6.07) is 8.82. The van der Waals surface area contributed by atoms with Crippen LogP contribution in [0.1, 0.15) is 5.56 Å². The van der Waals surface area contributed by atoms with Crippen molar-refractivity contribution in [1.82, 2.24) is 9.97 Å². The maximum absolute atomic E-state index is 11.2. The van der Waals surface area contributed by atoms with E-state index in [0.29, 0.717) is 10.9 Å². The summed E-state index contributed by atoms with van der Waals surface area (Å²) in [6.45, 7) is 0. The Morgan fingerprint density at radius 3 is 2.82 bits per heavy atom. The summed E-state index contributed by atoms with van der Waals surface area (Å²) >= 11 is 1.41. The van der Waals surface area contributed by atoms with Crippen molar-refractivity contribution in [2.45, 2.75) is 10.9 Å². The van der Waals surface area contributed by atoms with Crippen LogP contribution < -0.4 is 17.0 Å². The molecular formula is C11H12N4OS. The van der Waals surface area contributed by atoms with E-state index in [0.717, 1.165) is 11.3 Å². The molecule has 0 fully saturated rings. The molecule has 0 aliphatic heterocycles. The largest absolute Gasteiger partial charge is 0.399 e. The van der Waals surface area contributed by atoms with Crippen LogP contribution in [0.3, 0.4) is 0 Å². The predicted octanol–water partition coefficient (Wildman–Crippen LogP) is 1.23. The van der Waals surface area contributed by atoms with Crippen LogP contribution in [0, 0.1) is 0 Å². The van der Waals surface area contributed by atoms with Crippen LogP contribution in [0.15, 0.2) is 40.3 Å². The van der Waals surface area contributed by atoms with E-state index in [9.17, 15) is 4.79 Å². The van der Waals surface area contributed by atoms with Gasteiger partial charge in [-0.25, -0.2) is 4.98 Å². The first-order valence-corrected chi connectivity index (χ1v) is 5.96. The summed E-state index contributed by atoms with van der Waals surface area (Å²) in [6.07, 6.45) is 0. The zero-order valence-electron chi connectivity index (χ0n) is 9.01. The Labute approximate surface area is 102 Å². The van der Waals surface area contributed by atoms with Crippen molar-refractivity contribution < 1.29 is 0 Å². The average Bonchev–Trinajstić information content (AvgIpc) is 2.25. The molecule has 0 saturated heterocycles. The molecule has 0 amide bonds.